The third-order valence-corrected chi connectivity index (χ3v) is 1.74. The lowest BCUT2D eigenvalue weighted by Crippen LogP contribution is -2.22. The number of hydrogen-bond acceptors (Lipinski definition) is 2. The molecule has 0 aromatic heterocycles. The van der Waals surface area contributed by atoms with E-state index < -0.39 is 0 Å². The van der Waals surface area contributed by atoms with E-state index in [9.17, 15) is 0 Å². The van der Waals surface area contributed by atoms with Crippen LogP contribution >= 0.6 is 12.4 Å². The van der Waals surface area contributed by atoms with Crippen LogP contribution in [0.3, 0.4) is 0 Å². The molecule has 1 aliphatic rings. The molecule has 0 heterocycles. The highest BCUT2D eigenvalue weighted by Gasteiger charge is 2.22. The number of rotatable bonds is 0. The number of hydrogen-bond donors (Lipinski definition) is 1. The fourth-order valence-electron chi connectivity index (χ4n) is 1.15. The average molecular weight is 147 g/mol. The lowest BCUT2D eigenvalue weighted by Gasteiger charge is -2.02. The molecule has 0 aromatic carbocycles. The van der Waals surface area contributed by atoms with Crippen LogP contribution in [0.1, 0.15) is 19.3 Å². The second kappa shape index (κ2) is 3.71. The maximum atomic E-state index is 8.41. The Morgan fingerprint density at radius 2 is 2.11 bits per heavy atom. The summed E-state index contributed by atoms with van der Waals surface area (Å²) in [5.74, 6) is 0.148. The summed E-state index contributed by atoms with van der Waals surface area (Å²) in [6.45, 7) is 0. The van der Waals surface area contributed by atoms with Gasteiger partial charge in [0.1, 0.15) is 0 Å². The SMILES string of the molecule is Cl.N#CC1CCCC1N. The summed E-state index contributed by atoms with van der Waals surface area (Å²) in [5.41, 5.74) is 5.57. The van der Waals surface area contributed by atoms with Crippen molar-refractivity contribution in [2.24, 2.45) is 11.7 Å². The van der Waals surface area contributed by atoms with Crippen LogP contribution in [0.4, 0.5) is 0 Å². The van der Waals surface area contributed by atoms with Gasteiger partial charge in [-0.3, -0.25) is 0 Å². The van der Waals surface area contributed by atoms with Crippen molar-refractivity contribution in [2.75, 3.05) is 0 Å². The summed E-state index contributed by atoms with van der Waals surface area (Å²) in [7, 11) is 0. The molecule has 2 nitrogen and oxygen atoms in total. The summed E-state index contributed by atoms with van der Waals surface area (Å²) < 4.78 is 0. The van der Waals surface area contributed by atoms with Gasteiger partial charge in [0.25, 0.3) is 0 Å². The van der Waals surface area contributed by atoms with Gasteiger partial charge < -0.3 is 5.73 Å². The third kappa shape index (κ3) is 1.85. The van der Waals surface area contributed by atoms with E-state index >= 15 is 0 Å². The van der Waals surface area contributed by atoms with Gasteiger partial charge in [-0.05, 0) is 12.8 Å². The zero-order valence-corrected chi connectivity index (χ0v) is 6.03. The highest BCUT2D eigenvalue weighted by atomic mass is 35.5. The van der Waals surface area contributed by atoms with Crippen LogP contribution in [0.2, 0.25) is 0 Å². The molecule has 1 saturated carbocycles. The van der Waals surface area contributed by atoms with Gasteiger partial charge in [-0.15, -0.1) is 12.4 Å². The van der Waals surface area contributed by atoms with Crippen LogP contribution < -0.4 is 5.73 Å². The molecule has 52 valence electrons. The van der Waals surface area contributed by atoms with E-state index in [0.29, 0.717) is 0 Å². The molecule has 1 aliphatic carbocycles. The lowest BCUT2D eigenvalue weighted by atomic mass is 10.1. The Kier molecular flexibility index (Phi) is 3.60. The molecule has 9 heavy (non-hydrogen) atoms. The van der Waals surface area contributed by atoms with E-state index in [1.165, 1.54) is 0 Å². The van der Waals surface area contributed by atoms with Gasteiger partial charge in [0.2, 0.25) is 0 Å². The minimum absolute atomic E-state index is 0. The van der Waals surface area contributed by atoms with E-state index in [2.05, 4.69) is 6.07 Å². The van der Waals surface area contributed by atoms with Crippen LogP contribution in [0.15, 0.2) is 0 Å². The van der Waals surface area contributed by atoms with Crippen molar-refractivity contribution in [3.8, 4) is 6.07 Å². The molecule has 2 unspecified atom stereocenters. The van der Waals surface area contributed by atoms with E-state index in [1.54, 1.807) is 0 Å². The Bertz CT molecular complexity index is 119. The molecule has 0 radical (unpaired) electrons. The van der Waals surface area contributed by atoms with Crippen LogP contribution in [0.5, 0.6) is 0 Å². The maximum Gasteiger partial charge on any atom is 0.0672 e. The van der Waals surface area contributed by atoms with Gasteiger partial charge in [-0.2, -0.15) is 5.26 Å². The number of nitriles is 1. The first-order valence-electron chi connectivity index (χ1n) is 3.00. The van der Waals surface area contributed by atoms with Gasteiger partial charge in [0.15, 0.2) is 0 Å². The number of nitrogens with two attached hydrogens (primary N) is 1. The normalized spacial score (nSPS) is 32.9. The van der Waals surface area contributed by atoms with E-state index in [1.807, 2.05) is 0 Å². The summed E-state index contributed by atoms with van der Waals surface area (Å²) in [4.78, 5) is 0. The van der Waals surface area contributed by atoms with Gasteiger partial charge in [-0.1, -0.05) is 6.42 Å². The molecular weight excluding hydrogens is 136 g/mol. The van der Waals surface area contributed by atoms with Crippen LogP contribution in [0, 0.1) is 17.2 Å². The minimum atomic E-state index is 0. The van der Waals surface area contributed by atoms with Crippen molar-refractivity contribution in [3.63, 3.8) is 0 Å². The molecule has 2 N–H and O–H groups in total. The summed E-state index contributed by atoms with van der Waals surface area (Å²) in [6, 6.07) is 2.36. The van der Waals surface area contributed by atoms with Crippen molar-refractivity contribution in [3.05, 3.63) is 0 Å². The van der Waals surface area contributed by atoms with Gasteiger partial charge >= 0.3 is 0 Å². The van der Waals surface area contributed by atoms with Crippen molar-refractivity contribution >= 4 is 12.4 Å². The molecular formula is C6H11ClN2. The Morgan fingerprint density at radius 1 is 1.44 bits per heavy atom. The number of halogens is 1. The molecule has 0 bridgehead atoms. The largest absolute Gasteiger partial charge is 0.327 e. The van der Waals surface area contributed by atoms with Crippen molar-refractivity contribution in [1.82, 2.24) is 0 Å². The Morgan fingerprint density at radius 3 is 2.33 bits per heavy atom. The zero-order valence-electron chi connectivity index (χ0n) is 5.21. The lowest BCUT2D eigenvalue weighted by molar-refractivity contribution is 0.593. The second-order valence-electron chi connectivity index (χ2n) is 2.33. The first-order valence-corrected chi connectivity index (χ1v) is 3.00. The molecule has 0 amide bonds. The molecule has 0 aliphatic heterocycles. The number of nitrogens with zero attached hydrogens (tertiary/aromatic N) is 1. The predicted molar refractivity (Wildman–Crippen MR) is 38.2 cm³/mol. The van der Waals surface area contributed by atoms with Gasteiger partial charge in [0.05, 0.1) is 12.0 Å². The first-order chi connectivity index (χ1) is 3.84. The molecule has 1 fully saturated rings. The summed E-state index contributed by atoms with van der Waals surface area (Å²) in [5, 5.41) is 8.41. The Hall–Kier alpha value is -0.260. The van der Waals surface area contributed by atoms with Crippen LogP contribution in [0.25, 0.3) is 0 Å². The minimum Gasteiger partial charge on any atom is -0.327 e. The molecule has 2 atom stereocenters. The van der Waals surface area contributed by atoms with Crippen molar-refractivity contribution < 1.29 is 0 Å². The zero-order chi connectivity index (χ0) is 5.98. The fraction of sp³-hybridized carbons (Fsp3) is 0.833. The molecule has 0 saturated heterocycles. The fourth-order valence-corrected chi connectivity index (χ4v) is 1.15. The van der Waals surface area contributed by atoms with E-state index in [-0.39, 0.29) is 24.4 Å². The summed E-state index contributed by atoms with van der Waals surface area (Å²) >= 11 is 0. The standard InChI is InChI=1S/C6H10N2.ClH/c7-4-5-2-1-3-6(5)8;/h5-6H,1-3,8H2;1H. The monoisotopic (exact) mass is 146 g/mol. The van der Waals surface area contributed by atoms with Gasteiger partial charge in [-0.25, -0.2) is 0 Å². The van der Waals surface area contributed by atoms with Crippen LogP contribution in [-0.4, -0.2) is 6.04 Å². The van der Waals surface area contributed by atoms with E-state index in [0.717, 1.165) is 19.3 Å². The highest BCUT2D eigenvalue weighted by Crippen LogP contribution is 2.22. The molecule has 3 heteroatoms. The van der Waals surface area contributed by atoms with Crippen LogP contribution in [-0.2, 0) is 0 Å². The van der Waals surface area contributed by atoms with E-state index in [4.69, 9.17) is 11.0 Å². The highest BCUT2D eigenvalue weighted by molar-refractivity contribution is 5.85. The summed E-state index contributed by atoms with van der Waals surface area (Å²) in [6.07, 6.45) is 3.19. The predicted octanol–water partition coefficient (Wildman–Crippen LogP) is 1.06. The molecule has 0 aromatic rings. The molecule has 1 rings (SSSR count). The quantitative estimate of drug-likeness (QED) is 0.556. The third-order valence-electron chi connectivity index (χ3n) is 1.74. The Labute approximate surface area is 61.4 Å². The topological polar surface area (TPSA) is 49.8 Å². The maximum absolute atomic E-state index is 8.41. The van der Waals surface area contributed by atoms with Gasteiger partial charge in [0, 0.05) is 6.04 Å². The average Bonchev–Trinajstić information content (AvgIpc) is 2.14. The molecule has 0 spiro atoms. The smallest absolute Gasteiger partial charge is 0.0672 e. The second-order valence-corrected chi connectivity index (χ2v) is 2.33. The Balaban J connectivity index is 0.000000640. The van der Waals surface area contributed by atoms with Crippen molar-refractivity contribution in [1.29, 1.82) is 5.26 Å². The van der Waals surface area contributed by atoms with Crippen molar-refractivity contribution in [2.45, 2.75) is 25.3 Å². The first kappa shape index (κ1) is 8.74.